The molecule has 0 aliphatic heterocycles. The molecule has 1 atom stereocenters. The van der Waals surface area contributed by atoms with E-state index < -0.39 is 0 Å². The minimum absolute atomic E-state index is 0.00972. The number of hydrogen-bond donors (Lipinski definition) is 1. The van der Waals surface area contributed by atoms with Crippen molar-refractivity contribution in [2.45, 2.75) is 6.04 Å². The van der Waals surface area contributed by atoms with Gasteiger partial charge in [-0.1, -0.05) is 6.07 Å². The van der Waals surface area contributed by atoms with E-state index in [-0.39, 0.29) is 6.04 Å². The van der Waals surface area contributed by atoms with Gasteiger partial charge in [-0.2, -0.15) is 0 Å². The summed E-state index contributed by atoms with van der Waals surface area (Å²) in [5.41, 5.74) is 0.953. The van der Waals surface area contributed by atoms with E-state index in [1.165, 1.54) is 4.88 Å². The van der Waals surface area contributed by atoms with Crippen molar-refractivity contribution in [1.29, 1.82) is 0 Å². The molecule has 3 rings (SSSR count). The largest absolute Gasteiger partial charge is 0.369 e. The monoisotopic (exact) mass is 348 g/mol. The van der Waals surface area contributed by atoms with E-state index in [1.807, 2.05) is 36.1 Å². The Morgan fingerprint density at radius 2 is 2.15 bits per heavy atom. The van der Waals surface area contributed by atoms with Crippen LogP contribution in [0.15, 0.2) is 52.8 Å². The van der Waals surface area contributed by atoms with E-state index in [0.29, 0.717) is 0 Å². The van der Waals surface area contributed by atoms with Crippen molar-refractivity contribution in [2.24, 2.45) is 7.05 Å². The topological polar surface area (TPSA) is 42.7 Å². The van der Waals surface area contributed by atoms with Crippen LogP contribution in [0.1, 0.15) is 16.7 Å². The van der Waals surface area contributed by atoms with Crippen LogP contribution in [-0.4, -0.2) is 14.5 Å². The Labute approximate surface area is 129 Å². The summed E-state index contributed by atoms with van der Waals surface area (Å²) < 4.78 is 2.83. The van der Waals surface area contributed by atoms with Crippen LogP contribution in [-0.2, 0) is 7.05 Å². The molecule has 0 bridgehead atoms. The van der Waals surface area contributed by atoms with Gasteiger partial charge in [-0.25, -0.2) is 9.97 Å². The first kappa shape index (κ1) is 13.3. The molecule has 0 amide bonds. The second-order valence-corrected chi connectivity index (χ2v) is 6.06. The maximum absolute atomic E-state index is 4.47. The molecule has 0 radical (unpaired) electrons. The minimum Gasteiger partial charge on any atom is -0.369 e. The van der Waals surface area contributed by atoms with Crippen molar-refractivity contribution >= 4 is 33.0 Å². The Balaban J connectivity index is 1.99. The molecule has 1 unspecified atom stereocenters. The summed E-state index contributed by atoms with van der Waals surface area (Å²) in [7, 11) is 2.00. The van der Waals surface area contributed by atoms with Gasteiger partial charge in [0, 0.05) is 30.5 Å². The summed E-state index contributed by atoms with van der Waals surface area (Å²) >= 11 is 5.18. The Morgan fingerprint density at radius 1 is 1.25 bits per heavy atom. The molecule has 0 fully saturated rings. The van der Waals surface area contributed by atoms with Gasteiger partial charge >= 0.3 is 0 Å². The lowest BCUT2D eigenvalue weighted by molar-refractivity contribution is 0.755. The highest BCUT2D eigenvalue weighted by molar-refractivity contribution is 9.10. The van der Waals surface area contributed by atoms with Gasteiger partial charge in [-0.05, 0) is 39.5 Å². The van der Waals surface area contributed by atoms with E-state index in [2.05, 4.69) is 48.7 Å². The number of rotatable bonds is 4. The molecule has 6 heteroatoms. The van der Waals surface area contributed by atoms with Gasteiger partial charge in [0.1, 0.15) is 16.5 Å². The van der Waals surface area contributed by atoms with Gasteiger partial charge in [0.2, 0.25) is 0 Å². The predicted octanol–water partition coefficient (Wildman–Crippen LogP) is 3.84. The van der Waals surface area contributed by atoms with Crippen LogP contribution < -0.4 is 5.32 Å². The fraction of sp³-hybridized carbons (Fsp3) is 0.143. The summed E-state index contributed by atoms with van der Waals surface area (Å²) in [5, 5.41) is 5.59. The van der Waals surface area contributed by atoms with Crippen LogP contribution in [0.4, 0.5) is 5.69 Å². The quantitative estimate of drug-likeness (QED) is 0.728. The van der Waals surface area contributed by atoms with E-state index in [1.54, 1.807) is 17.5 Å². The molecule has 0 spiro atoms. The molecule has 0 aliphatic carbocycles. The van der Waals surface area contributed by atoms with Gasteiger partial charge in [0.05, 0.1) is 5.69 Å². The maximum atomic E-state index is 4.47. The number of hydrogen-bond acceptors (Lipinski definition) is 4. The Hall–Kier alpha value is -1.66. The summed E-state index contributed by atoms with van der Waals surface area (Å²) in [6.07, 6.45) is 5.53. The molecule has 1 N–H and O–H groups in total. The molecule has 0 aliphatic rings. The average Bonchev–Trinajstić information content (AvgIpc) is 3.10. The second-order valence-electron chi connectivity index (χ2n) is 4.33. The number of nitrogens with one attached hydrogen (secondary N) is 1. The predicted molar refractivity (Wildman–Crippen MR) is 84.9 cm³/mol. The molecular formula is C14H13BrN4S. The number of pyridine rings is 1. The fourth-order valence-electron chi connectivity index (χ4n) is 2.02. The first-order valence-corrected chi connectivity index (χ1v) is 7.80. The zero-order valence-electron chi connectivity index (χ0n) is 10.8. The number of nitrogens with zero attached hydrogens (tertiary/aromatic N) is 3. The third-order valence-electron chi connectivity index (χ3n) is 3.00. The van der Waals surface area contributed by atoms with Crippen molar-refractivity contribution in [3.8, 4) is 0 Å². The highest BCUT2D eigenvalue weighted by Crippen LogP contribution is 2.30. The lowest BCUT2D eigenvalue weighted by atomic mass is 10.2. The molecule has 3 heterocycles. The third-order valence-corrected chi connectivity index (χ3v) is 4.57. The number of imidazole rings is 1. The summed E-state index contributed by atoms with van der Waals surface area (Å²) in [4.78, 5) is 9.93. The maximum Gasteiger partial charge on any atom is 0.136 e. The SMILES string of the molecule is Cn1ccnc1C(Nc1cccnc1Br)c1cccs1. The molecule has 20 heavy (non-hydrogen) atoms. The number of aromatic nitrogens is 3. The Morgan fingerprint density at radius 3 is 2.80 bits per heavy atom. The molecule has 102 valence electrons. The number of halogens is 1. The van der Waals surface area contributed by atoms with Crippen LogP contribution in [0, 0.1) is 0 Å². The zero-order valence-corrected chi connectivity index (χ0v) is 13.2. The second kappa shape index (κ2) is 5.76. The van der Waals surface area contributed by atoms with Gasteiger partial charge < -0.3 is 9.88 Å². The van der Waals surface area contributed by atoms with Gasteiger partial charge in [-0.15, -0.1) is 11.3 Å². The van der Waals surface area contributed by atoms with E-state index in [0.717, 1.165) is 16.1 Å². The normalized spacial score (nSPS) is 12.3. The van der Waals surface area contributed by atoms with Crippen molar-refractivity contribution in [3.05, 3.63) is 63.5 Å². The van der Waals surface area contributed by atoms with Gasteiger partial charge in [0.15, 0.2) is 0 Å². The first-order valence-electron chi connectivity index (χ1n) is 6.13. The number of aryl methyl sites for hydroxylation is 1. The van der Waals surface area contributed by atoms with Gasteiger partial charge in [-0.3, -0.25) is 0 Å². The molecule has 0 saturated carbocycles. The molecule has 3 aromatic heterocycles. The van der Waals surface area contributed by atoms with Crippen LogP contribution in [0.25, 0.3) is 0 Å². The molecule has 4 nitrogen and oxygen atoms in total. The smallest absolute Gasteiger partial charge is 0.136 e. The van der Waals surface area contributed by atoms with E-state index >= 15 is 0 Å². The Kier molecular flexibility index (Phi) is 3.84. The standard InChI is InChI=1S/C14H13BrN4S/c1-19-8-7-17-14(19)12(11-5-3-9-20-11)18-10-4-2-6-16-13(10)15/h2-9,12,18H,1H3. The number of thiophene rings is 1. The molecule has 3 aromatic rings. The molecular weight excluding hydrogens is 336 g/mol. The molecule has 0 saturated heterocycles. The van der Waals surface area contributed by atoms with Gasteiger partial charge in [0.25, 0.3) is 0 Å². The average molecular weight is 349 g/mol. The Bertz CT molecular complexity index is 693. The zero-order chi connectivity index (χ0) is 13.9. The number of anilines is 1. The van der Waals surface area contributed by atoms with E-state index in [4.69, 9.17) is 0 Å². The third kappa shape index (κ3) is 2.62. The van der Waals surface area contributed by atoms with Crippen molar-refractivity contribution in [1.82, 2.24) is 14.5 Å². The van der Waals surface area contributed by atoms with Crippen molar-refractivity contribution in [2.75, 3.05) is 5.32 Å². The summed E-state index contributed by atoms with van der Waals surface area (Å²) in [5.74, 6) is 0.975. The van der Waals surface area contributed by atoms with E-state index in [9.17, 15) is 0 Å². The van der Waals surface area contributed by atoms with Crippen LogP contribution in [0.3, 0.4) is 0 Å². The molecule has 0 aromatic carbocycles. The lowest BCUT2D eigenvalue weighted by Crippen LogP contribution is -2.16. The van der Waals surface area contributed by atoms with Crippen LogP contribution in [0.2, 0.25) is 0 Å². The first-order chi connectivity index (χ1) is 9.75. The lowest BCUT2D eigenvalue weighted by Gasteiger charge is -2.19. The summed E-state index contributed by atoms with van der Waals surface area (Å²) in [6.45, 7) is 0. The highest BCUT2D eigenvalue weighted by Gasteiger charge is 2.20. The van der Waals surface area contributed by atoms with Crippen molar-refractivity contribution < 1.29 is 0 Å². The van der Waals surface area contributed by atoms with Crippen LogP contribution in [0.5, 0.6) is 0 Å². The minimum atomic E-state index is 0.00972. The summed E-state index contributed by atoms with van der Waals surface area (Å²) in [6, 6.07) is 8.09. The fourth-order valence-corrected chi connectivity index (χ4v) is 3.16. The van der Waals surface area contributed by atoms with Crippen LogP contribution >= 0.6 is 27.3 Å². The van der Waals surface area contributed by atoms with Crippen molar-refractivity contribution in [3.63, 3.8) is 0 Å². The highest BCUT2D eigenvalue weighted by atomic mass is 79.9.